The number of hydrogen-bond donors (Lipinski definition) is 2. The number of pyridine rings is 1. The number of nitrogens with one attached hydrogen (secondary N) is 1. The van der Waals surface area contributed by atoms with Crippen molar-refractivity contribution in [1.82, 2.24) is 10.3 Å². The summed E-state index contributed by atoms with van der Waals surface area (Å²) in [7, 11) is 0. The molecular formula is C17H22N2O2. The molecule has 1 aromatic carbocycles. The molecule has 0 amide bonds. The van der Waals surface area contributed by atoms with Gasteiger partial charge in [-0.15, -0.1) is 0 Å². The molecule has 2 N–H and O–H groups in total. The minimum Gasteiger partial charge on any atom is -0.439 e. The van der Waals surface area contributed by atoms with E-state index < -0.39 is 0 Å². The molecule has 0 spiro atoms. The summed E-state index contributed by atoms with van der Waals surface area (Å²) < 4.78 is 5.71. The van der Waals surface area contributed by atoms with Crippen LogP contribution in [0, 0.1) is 0 Å². The molecule has 0 aliphatic carbocycles. The molecule has 0 aliphatic rings. The van der Waals surface area contributed by atoms with Crippen LogP contribution in [0.4, 0.5) is 0 Å². The Balaban J connectivity index is 1.99. The van der Waals surface area contributed by atoms with Crippen molar-refractivity contribution >= 4 is 0 Å². The van der Waals surface area contributed by atoms with Crippen LogP contribution in [0.1, 0.15) is 31.0 Å². The molecule has 21 heavy (non-hydrogen) atoms. The van der Waals surface area contributed by atoms with Crippen LogP contribution in [-0.4, -0.2) is 23.2 Å². The number of aromatic nitrogens is 1. The molecule has 1 heterocycles. The Hall–Kier alpha value is -1.91. The average molecular weight is 286 g/mol. The van der Waals surface area contributed by atoms with Crippen molar-refractivity contribution in [2.45, 2.75) is 26.3 Å². The van der Waals surface area contributed by atoms with Gasteiger partial charge in [-0.25, -0.2) is 4.98 Å². The fraction of sp³-hybridized carbons (Fsp3) is 0.353. The van der Waals surface area contributed by atoms with E-state index in [-0.39, 0.29) is 12.6 Å². The van der Waals surface area contributed by atoms with E-state index in [2.05, 4.69) is 24.1 Å². The Morgan fingerprint density at radius 2 is 1.95 bits per heavy atom. The second kappa shape index (κ2) is 7.76. The Bertz CT molecular complexity index is 538. The van der Waals surface area contributed by atoms with Gasteiger partial charge in [-0.2, -0.15) is 0 Å². The maximum Gasteiger partial charge on any atom is 0.219 e. The molecule has 0 bridgehead atoms. The number of hydrogen-bond acceptors (Lipinski definition) is 4. The van der Waals surface area contributed by atoms with E-state index >= 15 is 0 Å². The lowest BCUT2D eigenvalue weighted by Crippen LogP contribution is -2.17. The third-order valence-corrected chi connectivity index (χ3v) is 3.32. The first kappa shape index (κ1) is 15.5. The zero-order chi connectivity index (χ0) is 15.1. The molecule has 0 radical (unpaired) electrons. The summed E-state index contributed by atoms with van der Waals surface area (Å²) in [6.45, 7) is 5.29. The molecule has 4 heteroatoms. The summed E-state index contributed by atoms with van der Waals surface area (Å²) in [5.74, 6) is 1.33. The van der Waals surface area contributed by atoms with E-state index in [1.165, 1.54) is 0 Å². The smallest absolute Gasteiger partial charge is 0.219 e. The van der Waals surface area contributed by atoms with E-state index in [0.717, 1.165) is 23.4 Å². The quantitative estimate of drug-likeness (QED) is 0.821. The lowest BCUT2D eigenvalue weighted by atomic mass is 10.1. The molecule has 2 aromatic rings. The van der Waals surface area contributed by atoms with Crippen LogP contribution in [0.5, 0.6) is 11.6 Å². The van der Waals surface area contributed by atoms with Crippen molar-refractivity contribution in [3.05, 3.63) is 53.7 Å². The largest absolute Gasteiger partial charge is 0.439 e. The van der Waals surface area contributed by atoms with Gasteiger partial charge in [-0.3, -0.25) is 0 Å². The summed E-state index contributed by atoms with van der Waals surface area (Å²) in [4.78, 5) is 4.33. The Labute approximate surface area is 125 Å². The van der Waals surface area contributed by atoms with Gasteiger partial charge in [-0.1, -0.05) is 25.1 Å². The molecule has 4 nitrogen and oxygen atoms in total. The van der Waals surface area contributed by atoms with Gasteiger partial charge in [0.05, 0.1) is 0 Å². The van der Waals surface area contributed by atoms with Gasteiger partial charge < -0.3 is 15.2 Å². The Morgan fingerprint density at radius 1 is 1.19 bits per heavy atom. The minimum atomic E-state index is 0.160. The van der Waals surface area contributed by atoms with Crippen molar-refractivity contribution in [1.29, 1.82) is 0 Å². The zero-order valence-corrected chi connectivity index (χ0v) is 12.5. The number of ether oxygens (including phenoxy) is 1. The predicted octanol–water partition coefficient (Wildman–Crippen LogP) is 3.08. The molecule has 1 aromatic heterocycles. The normalized spacial score (nSPS) is 12.1. The predicted molar refractivity (Wildman–Crippen MR) is 83.6 cm³/mol. The van der Waals surface area contributed by atoms with E-state index in [1.54, 1.807) is 0 Å². The number of aliphatic hydroxyl groups is 1. The first-order valence-electron chi connectivity index (χ1n) is 7.30. The maximum atomic E-state index is 8.89. The van der Waals surface area contributed by atoms with E-state index in [1.807, 2.05) is 42.6 Å². The third kappa shape index (κ3) is 4.55. The number of benzene rings is 1. The summed E-state index contributed by atoms with van der Waals surface area (Å²) >= 11 is 0. The molecule has 1 atom stereocenters. The van der Waals surface area contributed by atoms with Crippen molar-refractivity contribution in [3.8, 4) is 11.6 Å². The molecule has 1 unspecified atom stereocenters. The lowest BCUT2D eigenvalue weighted by Gasteiger charge is -2.12. The first-order valence-corrected chi connectivity index (χ1v) is 7.30. The minimum absolute atomic E-state index is 0.160. The van der Waals surface area contributed by atoms with Crippen molar-refractivity contribution in [3.63, 3.8) is 0 Å². The lowest BCUT2D eigenvalue weighted by molar-refractivity contribution is 0.299. The topological polar surface area (TPSA) is 54.4 Å². The van der Waals surface area contributed by atoms with Crippen LogP contribution in [0.2, 0.25) is 0 Å². The van der Waals surface area contributed by atoms with Gasteiger partial charge in [0.1, 0.15) is 5.75 Å². The molecule has 112 valence electrons. The van der Waals surface area contributed by atoms with Crippen molar-refractivity contribution < 1.29 is 9.84 Å². The fourth-order valence-electron chi connectivity index (χ4n) is 2.11. The number of aliphatic hydroxyl groups excluding tert-OH is 1. The summed E-state index contributed by atoms with van der Waals surface area (Å²) in [6, 6.07) is 11.9. The highest BCUT2D eigenvalue weighted by Gasteiger charge is 2.05. The second-order valence-corrected chi connectivity index (χ2v) is 4.93. The number of nitrogens with zero attached hydrogens (tertiary/aromatic N) is 1. The fourth-order valence-corrected chi connectivity index (χ4v) is 2.11. The monoisotopic (exact) mass is 286 g/mol. The molecule has 0 saturated heterocycles. The molecule has 2 rings (SSSR count). The summed E-state index contributed by atoms with van der Waals surface area (Å²) in [5.41, 5.74) is 2.23. The molecule has 0 saturated carbocycles. The summed E-state index contributed by atoms with van der Waals surface area (Å²) in [6.07, 6.45) is 2.50. The van der Waals surface area contributed by atoms with Gasteiger partial charge >= 0.3 is 0 Å². The standard InChI is InChI=1S/C17H22N2O2/c1-3-18-13(2)15-6-9-17(19-12-15)21-16-7-4-14(5-8-16)10-11-20/h4-9,12-13,18,20H,3,10-11H2,1-2H3. The molecule has 0 fully saturated rings. The first-order chi connectivity index (χ1) is 10.2. The second-order valence-electron chi connectivity index (χ2n) is 4.93. The van der Waals surface area contributed by atoms with E-state index in [0.29, 0.717) is 12.3 Å². The van der Waals surface area contributed by atoms with Gasteiger partial charge in [0, 0.05) is 24.9 Å². The third-order valence-electron chi connectivity index (χ3n) is 3.32. The SMILES string of the molecule is CCNC(C)c1ccc(Oc2ccc(CCO)cc2)nc1. The zero-order valence-electron chi connectivity index (χ0n) is 12.5. The highest BCUT2D eigenvalue weighted by Crippen LogP contribution is 2.21. The molecule has 0 aliphatic heterocycles. The number of rotatable bonds is 7. The van der Waals surface area contributed by atoms with Gasteiger partial charge in [0.25, 0.3) is 0 Å². The highest BCUT2D eigenvalue weighted by molar-refractivity contribution is 5.31. The van der Waals surface area contributed by atoms with E-state index in [4.69, 9.17) is 9.84 Å². The van der Waals surface area contributed by atoms with Crippen LogP contribution in [0.3, 0.4) is 0 Å². The Morgan fingerprint density at radius 3 is 2.52 bits per heavy atom. The van der Waals surface area contributed by atoms with Gasteiger partial charge in [0.2, 0.25) is 5.88 Å². The Kier molecular flexibility index (Phi) is 5.72. The van der Waals surface area contributed by atoms with Crippen LogP contribution in [-0.2, 0) is 6.42 Å². The van der Waals surface area contributed by atoms with Crippen LogP contribution >= 0.6 is 0 Å². The highest BCUT2D eigenvalue weighted by atomic mass is 16.5. The average Bonchev–Trinajstić information content (AvgIpc) is 2.50. The van der Waals surface area contributed by atoms with Crippen LogP contribution in [0.15, 0.2) is 42.6 Å². The molecular weight excluding hydrogens is 264 g/mol. The van der Waals surface area contributed by atoms with Crippen molar-refractivity contribution in [2.75, 3.05) is 13.2 Å². The van der Waals surface area contributed by atoms with E-state index in [9.17, 15) is 0 Å². The van der Waals surface area contributed by atoms with Crippen LogP contribution in [0.25, 0.3) is 0 Å². The van der Waals surface area contributed by atoms with Crippen molar-refractivity contribution in [2.24, 2.45) is 0 Å². The van der Waals surface area contributed by atoms with Gasteiger partial charge in [0.15, 0.2) is 0 Å². The van der Waals surface area contributed by atoms with Crippen LogP contribution < -0.4 is 10.1 Å². The maximum absolute atomic E-state index is 8.89. The van der Waals surface area contributed by atoms with Gasteiger partial charge in [-0.05, 0) is 43.1 Å². The summed E-state index contributed by atoms with van der Waals surface area (Å²) in [5, 5.41) is 12.2.